The molecule has 0 radical (unpaired) electrons. The predicted octanol–water partition coefficient (Wildman–Crippen LogP) is 12.3. The SMILES string of the molecule is CSc1c(C(=O)NN2CCCC2)nn(-c2ccc(Cl)cc2Cl)c1-c1ccc(Cl)cc1.CSc1c(C(=O)NN2CCCCC2)nn(-c2ccc(Cl)cc2Cl)c1-c1ccc(Cl)cc1. The predicted molar refractivity (Wildman–Crippen MR) is 253 cm³/mol. The average molecular weight is 978 g/mol. The quantitative estimate of drug-likeness (QED) is 0.131. The molecule has 0 spiro atoms. The third-order valence-electron chi connectivity index (χ3n) is 10.0. The minimum Gasteiger partial charge on any atom is -0.283 e. The zero-order valence-electron chi connectivity index (χ0n) is 33.0. The van der Waals surface area contributed by atoms with E-state index in [1.807, 2.05) is 71.1 Å². The third-order valence-corrected chi connectivity index (χ3v) is 13.2. The van der Waals surface area contributed by atoms with Gasteiger partial charge < -0.3 is 0 Å². The molecule has 8 rings (SSSR count). The summed E-state index contributed by atoms with van der Waals surface area (Å²) in [5.41, 5.74) is 11.3. The molecule has 0 bridgehead atoms. The van der Waals surface area contributed by atoms with Crippen LogP contribution < -0.4 is 10.9 Å². The molecule has 2 saturated heterocycles. The number of carbonyl (C=O) groups is 2. The fourth-order valence-corrected chi connectivity index (χ4v) is 9.77. The number of piperidine rings is 1. The minimum absolute atomic E-state index is 0.231. The summed E-state index contributed by atoms with van der Waals surface area (Å²) >= 11 is 40.3. The van der Waals surface area contributed by atoms with Crippen LogP contribution in [0.4, 0.5) is 0 Å². The lowest BCUT2D eigenvalue weighted by Gasteiger charge is -2.26. The Labute approximate surface area is 393 Å². The van der Waals surface area contributed by atoms with E-state index in [2.05, 4.69) is 16.0 Å². The molecule has 2 aromatic heterocycles. The molecule has 6 aromatic rings. The van der Waals surface area contributed by atoms with E-state index in [1.165, 1.54) is 29.9 Å². The first kappa shape index (κ1) is 45.6. The van der Waals surface area contributed by atoms with Crippen molar-refractivity contribution in [1.82, 2.24) is 40.4 Å². The van der Waals surface area contributed by atoms with E-state index in [0.717, 1.165) is 84.2 Å². The number of carbonyl (C=O) groups excluding carboxylic acids is 2. The molecular formula is C43H40Cl6N8O2S2. The summed E-state index contributed by atoms with van der Waals surface area (Å²) in [6.45, 7) is 3.37. The number of thioether (sulfide) groups is 2. The fourth-order valence-electron chi connectivity index (χ4n) is 7.10. The number of hydrogen-bond acceptors (Lipinski definition) is 8. The molecule has 4 aromatic carbocycles. The summed E-state index contributed by atoms with van der Waals surface area (Å²) in [7, 11) is 0. The van der Waals surface area contributed by atoms with Crippen LogP contribution in [-0.2, 0) is 0 Å². The molecule has 0 aliphatic carbocycles. The van der Waals surface area contributed by atoms with Crippen LogP contribution in [0.5, 0.6) is 0 Å². The maximum Gasteiger partial charge on any atom is 0.287 e. The van der Waals surface area contributed by atoms with E-state index in [9.17, 15) is 9.59 Å². The first-order valence-electron chi connectivity index (χ1n) is 19.3. The van der Waals surface area contributed by atoms with Crippen molar-refractivity contribution in [3.63, 3.8) is 0 Å². The van der Waals surface area contributed by atoms with Crippen molar-refractivity contribution in [3.8, 4) is 33.9 Å². The molecule has 18 heteroatoms. The second kappa shape index (κ2) is 20.9. The zero-order chi connectivity index (χ0) is 43.2. The van der Waals surface area contributed by atoms with Crippen molar-refractivity contribution >= 4 is 105 Å². The van der Waals surface area contributed by atoms with Gasteiger partial charge in [0.15, 0.2) is 11.4 Å². The van der Waals surface area contributed by atoms with Crippen molar-refractivity contribution in [1.29, 1.82) is 0 Å². The van der Waals surface area contributed by atoms with Crippen LogP contribution in [0.3, 0.4) is 0 Å². The van der Waals surface area contributed by atoms with Crippen molar-refractivity contribution in [2.24, 2.45) is 0 Å². The lowest BCUT2D eigenvalue weighted by atomic mass is 10.1. The summed E-state index contributed by atoms with van der Waals surface area (Å²) in [6, 6.07) is 25.3. The molecule has 2 N–H and O–H groups in total. The summed E-state index contributed by atoms with van der Waals surface area (Å²) < 4.78 is 3.41. The molecule has 2 aliphatic heterocycles. The number of amides is 2. The van der Waals surface area contributed by atoms with Gasteiger partial charge in [-0.15, -0.1) is 23.5 Å². The van der Waals surface area contributed by atoms with Gasteiger partial charge in [-0.1, -0.05) is 100 Å². The van der Waals surface area contributed by atoms with Crippen LogP contribution in [0, 0.1) is 0 Å². The van der Waals surface area contributed by atoms with Crippen molar-refractivity contribution in [2.45, 2.75) is 41.9 Å². The highest BCUT2D eigenvalue weighted by Crippen LogP contribution is 2.39. The van der Waals surface area contributed by atoms with Crippen molar-refractivity contribution < 1.29 is 9.59 Å². The topological polar surface area (TPSA) is 100 Å². The molecular weight excluding hydrogens is 937 g/mol. The second-order valence-corrected chi connectivity index (χ2v) is 18.3. The molecule has 4 heterocycles. The average Bonchev–Trinajstić information content (AvgIpc) is 4.00. The van der Waals surface area contributed by atoms with Gasteiger partial charge in [-0.05, 0) is 98.9 Å². The van der Waals surface area contributed by atoms with Crippen molar-refractivity contribution in [3.05, 3.63) is 126 Å². The van der Waals surface area contributed by atoms with Gasteiger partial charge in [0.1, 0.15) is 0 Å². The van der Waals surface area contributed by atoms with Crippen LogP contribution in [-0.4, -0.2) is 80.1 Å². The smallest absolute Gasteiger partial charge is 0.283 e. The number of nitrogens with one attached hydrogen (secondary N) is 2. The van der Waals surface area contributed by atoms with Gasteiger partial charge in [-0.3, -0.25) is 20.4 Å². The second-order valence-electron chi connectivity index (χ2n) is 14.1. The van der Waals surface area contributed by atoms with Gasteiger partial charge in [0.05, 0.1) is 42.6 Å². The first-order valence-corrected chi connectivity index (χ1v) is 24.1. The third kappa shape index (κ3) is 10.7. The minimum atomic E-state index is -0.236. The Hall–Kier alpha value is -3.40. The molecule has 61 heavy (non-hydrogen) atoms. The number of hydrogen-bond donors (Lipinski definition) is 2. The highest BCUT2D eigenvalue weighted by atomic mass is 35.5. The van der Waals surface area contributed by atoms with Gasteiger partial charge in [0.25, 0.3) is 11.8 Å². The Morgan fingerprint density at radius 1 is 0.508 bits per heavy atom. The normalized spacial score (nSPS) is 14.4. The Morgan fingerprint density at radius 2 is 0.852 bits per heavy atom. The Morgan fingerprint density at radius 3 is 1.20 bits per heavy atom. The number of rotatable bonds is 10. The van der Waals surface area contributed by atoms with Gasteiger partial charge in [-0.2, -0.15) is 10.2 Å². The zero-order valence-corrected chi connectivity index (χ0v) is 39.2. The highest BCUT2D eigenvalue weighted by molar-refractivity contribution is 7.99. The maximum absolute atomic E-state index is 13.2. The summed E-state index contributed by atoms with van der Waals surface area (Å²) in [6.07, 6.45) is 9.33. The summed E-state index contributed by atoms with van der Waals surface area (Å²) in [5, 5.41) is 16.5. The molecule has 10 nitrogen and oxygen atoms in total. The van der Waals surface area contributed by atoms with Crippen LogP contribution in [0.25, 0.3) is 33.9 Å². The summed E-state index contributed by atoms with van der Waals surface area (Å²) in [5.74, 6) is -0.467. The molecule has 2 fully saturated rings. The number of nitrogens with zero attached hydrogens (tertiary/aromatic N) is 6. The molecule has 0 saturated carbocycles. The molecule has 2 amide bonds. The van der Waals surface area contributed by atoms with Gasteiger partial charge in [0, 0.05) is 57.4 Å². The standard InChI is InChI=1S/C22H21Cl3N4OS.C21H19Cl3N4OS/c1-31-21-19(22(30)27-28-11-3-2-4-12-28)26-29(18-10-9-16(24)13-17(18)25)20(21)14-5-7-15(23)8-6-14;1-30-20-18(21(29)26-27-10-2-3-11-27)25-28(17-9-8-15(23)12-16(17)24)19(20)13-4-6-14(22)7-5-13/h5-10,13H,2-4,11-12H2,1H3,(H,27,30);4-9,12H,2-3,10-11H2,1H3,(H,26,29). The molecule has 2 aliphatic rings. The van der Waals surface area contributed by atoms with Gasteiger partial charge in [-0.25, -0.2) is 19.4 Å². The van der Waals surface area contributed by atoms with Crippen molar-refractivity contribution in [2.75, 3.05) is 38.7 Å². The fraction of sp³-hybridized carbons (Fsp3) is 0.256. The van der Waals surface area contributed by atoms with E-state index < -0.39 is 0 Å². The summed E-state index contributed by atoms with van der Waals surface area (Å²) in [4.78, 5) is 27.8. The van der Waals surface area contributed by atoms with E-state index in [4.69, 9.17) is 74.7 Å². The van der Waals surface area contributed by atoms with E-state index in [0.29, 0.717) is 52.9 Å². The number of halogens is 6. The monoisotopic (exact) mass is 974 g/mol. The van der Waals surface area contributed by atoms with E-state index >= 15 is 0 Å². The molecule has 318 valence electrons. The Bertz CT molecular complexity index is 2520. The van der Waals surface area contributed by atoms with Crippen LogP contribution in [0.15, 0.2) is 94.7 Å². The largest absolute Gasteiger partial charge is 0.287 e. The Kier molecular flexibility index (Phi) is 15.6. The van der Waals surface area contributed by atoms with Crippen LogP contribution in [0.2, 0.25) is 30.1 Å². The lowest BCUT2D eigenvalue weighted by molar-refractivity contribution is 0.0740. The number of benzene rings is 4. The van der Waals surface area contributed by atoms with Crippen LogP contribution in [0.1, 0.15) is 53.1 Å². The first-order chi connectivity index (χ1) is 29.4. The van der Waals surface area contributed by atoms with Gasteiger partial charge in [0.2, 0.25) is 0 Å². The highest BCUT2D eigenvalue weighted by Gasteiger charge is 2.29. The maximum atomic E-state index is 13.2. The lowest BCUT2D eigenvalue weighted by Crippen LogP contribution is -2.45. The van der Waals surface area contributed by atoms with E-state index in [-0.39, 0.29) is 11.8 Å². The van der Waals surface area contributed by atoms with E-state index in [1.54, 1.807) is 45.8 Å². The molecule has 0 atom stereocenters. The molecule has 0 unspecified atom stereocenters. The Balaban J connectivity index is 0.000000184. The van der Waals surface area contributed by atoms with Gasteiger partial charge >= 0.3 is 0 Å². The number of aromatic nitrogens is 4. The number of hydrazine groups is 2. The van der Waals surface area contributed by atoms with Crippen LogP contribution >= 0.6 is 93.1 Å².